The molecule has 0 bridgehead atoms. The lowest BCUT2D eigenvalue weighted by Gasteiger charge is -2.15. The number of hydrogen-bond donors (Lipinski definition) is 0. The molecule has 0 amide bonds. The van der Waals surface area contributed by atoms with E-state index in [0.717, 1.165) is 30.9 Å². The van der Waals surface area contributed by atoms with Crippen molar-refractivity contribution in [3.8, 4) is 5.82 Å². The van der Waals surface area contributed by atoms with E-state index in [1.54, 1.807) is 0 Å². The molecule has 4 heteroatoms. The number of pyridine rings is 1. The first-order chi connectivity index (χ1) is 11.6. The fourth-order valence-electron chi connectivity index (χ4n) is 3.87. The molecule has 2 aromatic heterocycles. The average molecular weight is 319 g/mol. The van der Waals surface area contributed by atoms with Crippen LogP contribution in [-0.4, -0.2) is 14.8 Å². The van der Waals surface area contributed by atoms with E-state index in [-0.39, 0.29) is 0 Å². The molecule has 3 aromatic rings. The fraction of sp³-hybridized carbons (Fsp3) is 0.350. The number of hydrogen-bond acceptors (Lipinski definition) is 2. The van der Waals surface area contributed by atoms with Gasteiger partial charge in [-0.25, -0.2) is 9.55 Å². The second-order valence-electron chi connectivity index (χ2n) is 6.85. The van der Waals surface area contributed by atoms with Crippen molar-refractivity contribution in [1.82, 2.24) is 14.8 Å². The molecular formula is C20H23N4+. The number of benzene rings is 1. The Morgan fingerprint density at radius 1 is 1.17 bits per heavy atom. The summed E-state index contributed by atoms with van der Waals surface area (Å²) >= 11 is 0. The van der Waals surface area contributed by atoms with E-state index in [1.807, 2.05) is 29.1 Å². The minimum atomic E-state index is 0.484. The molecule has 24 heavy (non-hydrogen) atoms. The third kappa shape index (κ3) is 2.62. The first kappa shape index (κ1) is 15.1. The molecule has 0 N–H and O–H groups in total. The molecule has 0 radical (unpaired) electrons. The maximum absolute atomic E-state index is 4.73. The Balaban J connectivity index is 1.64. The van der Waals surface area contributed by atoms with Crippen LogP contribution in [0, 0.1) is 20.8 Å². The van der Waals surface area contributed by atoms with E-state index in [9.17, 15) is 0 Å². The van der Waals surface area contributed by atoms with Gasteiger partial charge in [-0.2, -0.15) is 0 Å². The highest BCUT2D eigenvalue weighted by Crippen LogP contribution is 2.25. The minimum absolute atomic E-state index is 0.484. The maximum atomic E-state index is 4.73. The van der Waals surface area contributed by atoms with E-state index in [1.165, 1.54) is 22.3 Å². The van der Waals surface area contributed by atoms with Gasteiger partial charge in [0.05, 0.1) is 6.04 Å². The lowest BCUT2D eigenvalue weighted by atomic mass is 9.94. The number of aromatic nitrogens is 4. The van der Waals surface area contributed by atoms with Crippen molar-refractivity contribution in [2.24, 2.45) is 0 Å². The van der Waals surface area contributed by atoms with Crippen LogP contribution in [0.3, 0.4) is 0 Å². The van der Waals surface area contributed by atoms with Crippen molar-refractivity contribution in [3.05, 3.63) is 70.9 Å². The highest BCUT2D eigenvalue weighted by Gasteiger charge is 2.32. The molecule has 1 aromatic carbocycles. The van der Waals surface area contributed by atoms with Gasteiger partial charge in [0.2, 0.25) is 12.1 Å². The third-order valence-corrected chi connectivity index (χ3v) is 5.01. The zero-order chi connectivity index (χ0) is 16.7. The predicted molar refractivity (Wildman–Crippen MR) is 93.3 cm³/mol. The first-order valence-electron chi connectivity index (χ1n) is 8.59. The average Bonchev–Trinajstić information content (AvgIpc) is 3.13. The zero-order valence-corrected chi connectivity index (χ0v) is 14.5. The van der Waals surface area contributed by atoms with Gasteiger partial charge in [-0.3, -0.25) is 0 Å². The standard InChI is InChI=1S/C20H23N4/c1-14-10-15(2)18(16(3)11-14)12-17-7-8-20-22-24(13-23(17)20)19-6-4-5-9-21-19/h4-6,9-11,13,17H,7-8,12H2,1-3H3/q+1/t17-/m0/s1. The van der Waals surface area contributed by atoms with Gasteiger partial charge in [-0.15, -0.1) is 0 Å². The summed E-state index contributed by atoms with van der Waals surface area (Å²) in [6, 6.07) is 11.0. The van der Waals surface area contributed by atoms with Crippen molar-refractivity contribution < 1.29 is 4.57 Å². The molecule has 3 heterocycles. The van der Waals surface area contributed by atoms with E-state index >= 15 is 0 Å². The lowest BCUT2D eigenvalue weighted by molar-refractivity contribution is -0.716. The molecule has 0 spiro atoms. The van der Waals surface area contributed by atoms with Gasteiger partial charge >= 0.3 is 0 Å². The van der Waals surface area contributed by atoms with E-state index in [4.69, 9.17) is 5.10 Å². The Bertz CT molecular complexity index is 857. The van der Waals surface area contributed by atoms with Crippen molar-refractivity contribution in [3.63, 3.8) is 0 Å². The molecule has 0 unspecified atom stereocenters. The molecule has 0 fully saturated rings. The zero-order valence-electron chi connectivity index (χ0n) is 14.5. The summed E-state index contributed by atoms with van der Waals surface area (Å²) in [5.41, 5.74) is 5.63. The molecule has 4 rings (SSSR count). The monoisotopic (exact) mass is 319 g/mol. The minimum Gasteiger partial charge on any atom is -0.231 e. The van der Waals surface area contributed by atoms with Crippen LogP contribution in [0.4, 0.5) is 0 Å². The second kappa shape index (κ2) is 5.86. The number of fused-ring (bicyclic) bond motifs is 1. The molecular weight excluding hydrogens is 296 g/mol. The largest absolute Gasteiger partial charge is 0.278 e. The van der Waals surface area contributed by atoms with Gasteiger partial charge in [0.1, 0.15) is 0 Å². The maximum Gasteiger partial charge on any atom is 0.278 e. The summed E-state index contributed by atoms with van der Waals surface area (Å²) in [5, 5.41) is 4.73. The highest BCUT2D eigenvalue weighted by molar-refractivity contribution is 5.37. The van der Waals surface area contributed by atoms with Crippen LogP contribution in [0.1, 0.15) is 40.5 Å². The van der Waals surface area contributed by atoms with Gasteiger partial charge < -0.3 is 0 Å². The number of rotatable bonds is 3. The fourth-order valence-corrected chi connectivity index (χ4v) is 3.87. The van der Waals surface area contributed by atoms with Crippen LogP contribution in [0.2, 0.25) is 0 Å². The Hall–Kier alpha value is -2.49. The molecule has 0 saturated carbocycles. The molecule has 1 aliphatic heterocycles. The summed E-state index contributed by atoms with van der Waals surface area (Å²) in [7, 11) is 0. The Labute approximate surface area is 142 Å². The summed E-state index contributed by atoms with van der Waals surface area (Å²) in [6.45, 7) is 6.63. The van der Waals surface area contributed by atoms with Gasteiger partial charge in [-0.05, 0) is 49.9 Å². The normalized spacial score (nSPS) is 16.4. The Morgan fingerprint density at radius 3 is 2.67 bits per heavy atom. The SMILES string of the molecule is Cc1cc(C)c(C[C@@H]2CCc3nn(-c4ccccn4)c[n+]32)c(C)c1. The van der Waals surface area contributed by atoms with Crippen LogP contribution < -0.4 is 4.57 Å². The van der Waals surface area contributed by atoms with Gasteiger partial charge in [0.15, 0.2) is 0 Å². The van der Waals surface area contributed by atoms with Crippen LogP contribution in [0.15, 0.2) is 42.9 Å². The summed E-state index contributed by atoms with van der Waals surface area (Å²) in [5.74, 6) is 2.04. The van der Waals surface area contributed by atoms with Crippen LogP contribution in [0.25, 0.3) is 5.82 Å². The van der Waals surface area contributed by atoms with Crippen molar-refractivity contribution in [2.45, 2.75) is 46.1 Å². The number of aryl methyl sites for hydroxylation is 4. The molecule has 0 aliphatic carbocycles. The van der Waals surface area contributed by atoms with Crippen molar-refractivity contribution in [1.29, 1.82) is 0 Å². The van der Waals surface area contributed by atoms with Crippen LogP contribution >= 0.6 is 0 Å². The van der Waals surface area contributed by atoms with Gasteiger partial charge in [-0.1, -0.05) is 28.4 Å². The van der Waals surface area contributed by atoms with E-state index in [2.05, 4.69) is 48.8 Å². The molecule has 1 aliphatic rings. The Kier molecular flexibility index (Phi) is 3.68. The van der Waals surface area contributed by atoms with E-state index in [0.29, 0.717) is 6.04 Å². The first-order valence-corrected chi connectivity index (χ1v) is 8.59. The van der Waals surface area contributed by atoms with Crippen molar-refractivity contribution in [2.75, 3.05) is 0 Å². The van der Waals surface area contributed by atoms with Crippen LogP contribution in [-0.2, 0) is 12.8 Å². The van der Waals surface area contributed by atoms with Crippen molar-refractivity contribution >= 4 is 0 Å². The molecule has 122 valence electrons. The molecule has 0 saturated heterocycles. The topological polar surface area (TPSA) is 34.6 Å². The number of nitrogens with zero attached hydrogens (tertiary/aromatic N) is 4. The molecule has 1 atom stereocenters. The highest BCUT2D eigenvalue weighted by atomic mass is 15.4. The lowest BCUT2D eigenvalue weighted by Crippen LogP contribution is -2.37. The van der Waals surface area contributed by atoms with Gasteiger partial charge in [0, 0.05) is 30.2 Å². The third-order valence-electron chi connectivity index (χ3n) is 5.01. The smallest absolute Gasteiger partial charge is 0.231 e. The Morgan fingerprint density at radius 2 is 1.96 bits per heavy atom. The summed E-state index contributed by atoms with van der Waals surface area (Å²) in [6.07, 6.45) is 7.19. The van der Waals surface area contributed by atoms with Gasteiger partial charge in [0.25, 0.3) is 5.82 Å². The summed E-state index contributed by atoms with van der Waals surface area (Å²) in [4.78, 5) is 4.40. The quantitative estimate of drug-likeness (QED) is 0.695. The molecule has 4 nitrogen and oxygen atoms in total. The summed E-state index contributed by atoms with van der Waals surface area (Å²) < 4.78 is 4.24. The predicted octanol–water partition coefficient (Wildman–Crippen LogP) is 3.21. The second-order valence-corrected chi connectivity index (χ2v) is 6.85. The van der Waals surface area contributed by atoms with Crippen LogP contribution in [0.5, 0.6) is 0 Å². The van der Waals surface area contributed by atoms with E-state index < -0.39 is 0 Å².